The lowest BCUT2D eigenvalue weighted by Crippen LogP contribution is -2.25. The fourth-order valence-electron chi connectivity index (χ4n) is 2.64. The number of hydrogen-bond donors (Lipinski definition) is 1. The van der Waals surface area contributed by atoms with Crippen LogP contribution in [0.15, 0.2) is 48.5 Å². The highest BCUT2D eigenvalue weighted by Gasteiger charge is 2.31. The van der Waals surface area contributed by atoms with Gasteiger partial charge >= 0.3 is 0 Å². The molecule has 3 rings (SSSR count). The number of halogens is 1. The van der Waals surface area contributed by atoms with E-state index in [1.54, 1.807) is 7.11 Å². The molecule has 26 heavy (non-hydrogen) atoms. The fourth-order valence-corrected chi connectivity index (χ4v) is 3.70. The molecule has 1 aliphatic rings. The third-order valence-electron chi connectivity index (χ3n) is 4.02. The molecule has 0 aromatic heterocycles. The van der Waals surface area contributed by atoms with Gasteiger partial charge in [-0.1, -0.05) is 47.6 Å². The maximum absolute atomic E-state index is 11.6. The molecular weight excluding hydrogens is 374 g/mol. The van der Waals surface area contributed by atoms with E-state index < -0.39 is 0 Å². The molecule has 5 nitrogen and oxygen atoms in total. The summed E-state index contributed by atoms with van der Waals surface area (Å²) in [6, 6.07) is 15.0. The molecule has 136 valence electrons. The van der Waals surface area contributed by atoms with Crippen molar-refractivity contribution in [1.82, 2.24) is 5.32 Å². The largest absolute Gasteiger partial charge is 0.491 e. The lowest BCUT2D eigenvalue weighted by Gasteiger charge is -2.17. The van der Waals surface area contributed by atoms with Crippen molar-refractivity contribution in [2.24, 2.45) is 0 Å². The van der Waals surface area contributed by atoms with Crippen molar-refractivity contribution in [3.05, 3.63) is 64.7 Å². The Bertz CT molecular complexity index is 796. The molecule has 1 N–H and O–H groups in total. The van der Waals surface area contributed by atoms with Gasteiger partial charge in [0.25, 0.3) is 5.24 Å². The van der Waals surface area contributed by atoms with Crippen LogP contribution in [0.4, 0.5) is 4.79 Å². The minimum Gasteiger partial charge on any atom is -0.491 e. The standard InChI is InChI=1S/C19H18ClNO4S/c1-24-16(13-3-2-4-14(20)10-13)11-25-15-7-5-12(6-8-15)9-17-18(22)21-19(23)26-17/h2-8,10,16-17H,9,11H2,1H3,(H,21,22,23). The SMILES string of the molecule is COC(COc1ccc(CC2SC(=O)NC2=O)cc1)c1cccc(Cl)c1. The van der Waals surface area contributed by atoms with Crippen LogP contribution in [-0.4, -0.2) is 30.1 Å². The normalized spacial score (nSPS) is 17.8. The van der Waals surface area contributed by atoms with Crippen LogP contribution in [0.5, 0.6) is 5.75 Å². The number of methoxy groups -OCH3 is 1. The molecule has 1 fully saturated rings. The maximum atomic E-state index is 11.6. The van der Waals surface area contributed by atoms with Gasteiger partial charge in [-0.15, -0.1) is 0 Å². The van der Waals surface area contributed by atoms with Gasteiger partial charge in [0.2, 0.25) is 5.91 Å². The van der Waals surface area contributed by atoms with Crippen molar-refractivity contribution < 1.29 is 19.1 Å². The highest BCUT2D eigenvalue weighted by molar-refractivity contribution is 8.15. The molecule has 2 amide bonds. The molecule has 2 aromatic rings. The molecule has 0 bridgehead atoms. The van der Waals surface area contributed by atoms with Crippen LogP contribution >= 0.6 is 23.4 Å². The summed E-state index contributed by atoms with van der Waals surface area (Å²) in [6.45, 7) is 0.353. The number of hydrogen-bond acceptors (Lipinski definition) is 5. The van der Waals surface area contributed by atoms with E-state index in [9.17, 15) is 9.59 Å². The van der Waals surface area contributed by atoms with Crippen molar-refractivity contribution in [2.75, 3.05) is 13.7 Å². The van der Waals surface area contributed by atoms with Gasteiger partial charge in [-0.2, -0.15) is 0 Å². The summed E-state index contributed by atoms with van der Waals surface area (Å²) in [6.07, 6.45) is 0.282. The average Bonchev–Trinajstić information content (AvgIpc) is 2.94. The number of rotatable bonds is 7. The van der Waals surface area contributed by atoms with Gasteiger partial charge in [0.05, 0.1) is 5.25 Å². The molecule has 2 atom stereocenters. The van der Waals surface area contributed by atoms with Crippen molar-refractivity contribution in [2.45, 2.75) is 17.8 Å². The Labute approximate surface area is 161 Å². The van der Waals surface area contributed by atoms with Gasteiger partial charge in [0, 0.05) is 12.1 Å². The van der Waals surface area contributed by atoms with Crippen LogP contribution in [0.1, 0.15) is 17.2 Å². The summed E-state index contributed by atoms with van der Waals surface area (Å²) >= 11 is 7.05. The zero-order valence-electron chi connectivity index (χ0n) is 14.1. The first-order chi connectivity index (χ1) is 12.5. The Morgan fingerprint density at radius 2 is 1.96 bits per heavy atom. The minimum absolute atomic E-state index is 0.224. The number of carbonyl (C=O) groups is 2. The van der Waals surface area contributed by atoms with Gasteiger partial charge < -0.3 is 9.47 Å². The number of ether oxygens (including phenoxy) is 2. The molecule has 0 saturated carbocycles. The highest BCUT2D eigenvalue weighted by atomic mass is 35.5. The molecular formula is C19H18ClNO4S. The van der Waals surface area contributed by atoms with Crippen LogP contribution in [-0.2, 0) is 16.0 Å². The second-order valence-corrected chi connectivity index (χ2v) is 7.43. The predicted molar refractivity (Wildman–Crippen MR) is 102 cm³/mol. The van der Waals surface area contributed by atoms with E-state index in [4.69, 9.17) is 21.1 Å². The summed E-state index contributed by atoms with van der Waals surface area (Å²) in [5.74, 6) is 0.474. The number of carbonyl (C=O) groups excluding carboxylic acids is 2. The summed E-state index contributed by atoms with van der Waals surface area (Å²) in [7, 11) is 1.63. The van der Waals surface area contributed by atoms with Crippen LogP contribution < -0.4 is 10.1 Å². The summed E-state index contributed by atoms with van der Waals surface area (Å²) < 4.78 is 11.3. The van der Waals surface area contributed by atoms with Crippen LogP contribution in [0.3, 0.4) is 0 Å². The Morgan fingerprint density at radius 3 is 2.58 bits per heavy atom. The highest BCUT2D eigenvalue weighted by Crippen LogP contribution is 2.25. The summed E-state index contributed by atoms with van der Waals surface area (Å²) in [4.78, 5) is 22.8. The van der Waals surface area contributed by atoms with Gasteiger partial charge in [-0.25, -0.2) is 0 Å². The lowest BCUT2D eigenvalue weighted by atomic mass is 10.1. The van der Waals surface area contributed by atoms with Gasteiger partial charge in [0.1, 0.15) is 18.5 Å². The molecule has 1 aliphatic heterocycles. The van der Waals surface area contributed by atoms with Crippen molar-refractivity contribution in [3.8, 4) is 5.75 Å². The molecule has 2 aromatic carbocycles. The topological polar surface area (TPSA) is 64.6 Å². The number of thioether (sulfide) groups is 1. The van der Waals surface area contributed by atoms with Gasteiger partial charge in [-0.05, 0) is 41.8 Å². The lowest BCUT2D eigenvalue weighted by molar-refractivity contribution is -0.118. The quantitative estimate of drug-likeness (QED) is 0.772. The Kier molecular flexibility index (Phi) is 6.19. The van der Waals surface area contributed by atoms with E-state index in [2.05, 4.69) is 5.32 Å². The third-order valence-corrected chi connectivity index (χ3v) is 5.23. The molecule has 0 spiro atoms. The van der Waals surface area contributed by atoms with E-state index in [-0.39, 0.29) is 22.5 Å². The monoisotopic (exact) mass is 391 g/mol. The smallest absolute Gasteiger partial charge is 0.286 e. The van der Waals surface area contributed by atoms with Crippen molar-refractivity contribution in [1.29, 1.82) is 0 Å². The van der Waals surface area contributed by atoms with E-state index in [0.717, 1.165) is 22.9 Å². The number of imide groups is 1. The first kappa shape index (κ1) is 18.8. The van der Waals surface area contributed by atoms with Gasteiger partial charge in [0.15, 0.2) is 0 Å². The number of nitrogens with one attached hydrogen (secondary N) is 1. The summed E-state index contributed by atoms with van der Waals surface area (Å²) in [5, 5.41) is 2.30. The summed E-state index contributed by atoms with van der Waals surface area (Å²) in [5.41, 5.74) is 1.92. The van der Waals surface area contributed by atoms with Crippen LogP contribution in [0, 0.1) is 0 Å². The maximum Gasteiger partial charge on any atom is 0.286 e. The average molecular weight is 392 g/mol. The molecule has 1 heterocycles. The van der Waals surface area contributed by atoms with Crippen LogP contribution in [0.25, 0.3) is 0 Å². The molecule has 7 heteroatoms. The fraction of sp³-hybridized carbons (Fsp3) is 0.263. The van der Waals surface area contributed by atoms with E-state index in [1.807, 2.05) is 48.5 Å². The second kappa shape index (κ2) is 8.58. The van der Waals surface area contributed by atoms with E-state index in [0.29, 0.717) is 23.8 Å². The zero-order chi connectivity index (χ0) is 18.5. The van der Waals surface area contributed by atoms with E-state index in [1.165, 1.54) is 0 Å². The minimum atomic E-state index is -0.366. The van der Waals surface area contributed by atoms with Crippen molar-refractivity contribution in [3.63, 3.8) is 0 Å². The Hall–Kier alpha value is -2.02. The number of benzene rings is 2. The molecule has 0 radical (unpaired) electrons. The third kappa shape index (κ3) is 4.78. The van der Waals surface area contributed by atoms with Crippen molar-refractivity contribution >= 4 is 34.5 Å². The van der Waals surface area contributed by atoms with Gasteiger partial charge in [-0.3, -0.25) is 14.9 Å². The predicted octanol–water partition coefficient (Wildman–Crippen LogP) is 4.00. The first-order valence-corrected chi connectivity index (χ1v) is 9.32. The first-order valence-electron chi connectivity index (χ1n) is 8.06. The Balaban J connectivity index is 1.57. The zero-order valence-corrected chi connectivity index (χ0v) is 15.7. The Morgan fingerprint density at radius 1 is 1.19 bits per heavy atom. The number of amides is 2. The molecule has 2 unspecified atom stereocenters. The van der Waals surface area contributed by atoms with Crippen LogP contribution in [0.2, 0.25) is 5.02 Å². The molecule has 0 aliphatic carbocycles. The molecule has 1 saturated heterocycles. The second-order valence-electron chi connectivity index (χ2n) is 5.82. The van der Waals surface area contributed by atoms with E-state index >= 15 is 0 Å².